The Morgan fingerprint density at radius 1 is 1.28 bits per heavy atom. The molecule has 18 heavy (non-hydrogen) atoms. The summed E-state index contributed by atoms with van der Waals surface area (Å²) in [5.74, 6) is 0.325. The van der Waals surface area contributed by atoms with Gasteiger partial charge in [0.1, 0.15) is 5.75 Å². The number of ether oxygens (including phenoxy) is 2. The second kappa shape index (κ2) is 5.18. The van der Waals surface area contributed by atoms with Gasteiger partial charge in [0.2, 0.25) is 0 Å². The Bertz CT molecular complexity index is 570. The summed E-state index contributed by atoms with van der Waals surface area (Å²) < 4.78 is 15.0. The van der Waals surface area contributed by atoms with Crippen molar-refractivity contribution in [3.63, 3.8) is 0 Å². The molecule has 2 rings (SSSR count). The zero-order valence-electron chi connectivity index (χ0n) is 9.58. The van der Waals surface area contributed by atoms with Gasteiger partial charge in [-0.25, -0.2) is 4.79 Å². The molecule has 0 amide bonds. The van der Waals surface area contributed by atoms with Gasteiger partial charge in [0.05, 0.1) is 12.7 Å². The minimum absolute atomic E-state index is 0.175. The molecule has 0 bridgehead atoms. The molecular formula is C13H10O5. The Kier molecular flexibility index (Phi) is 3.43. The summed E-state index contributed by atoms with van der Waals surface area (Å²) in [5, 5.41) is 0. The van der Waals surface area contributed by atoms with Crippen molar-refractivity contribution in [3.8, 4) is 11.7 Å². The fourth-order valence-electron chi connectivity index (χ4n) is 1.37. The highest BCUT2D eigenvalue weighted by Crippen LogP contribution is 2.24. The molecule has 1 aromatic heterocycles. The number of methoxy groups -OCH3 is 1. The first-order valence-electron chi connectivity index (χ1n) is 5.14. The van der Waals surface area contributed by atoms with Crippen molar-refractivity contribution in [1.29, 1.82) is 0 Å². The zero-order chi connectivity index (χ0) is 13.0. The molecule has 92 valence electrons. The quantitative estimate of drug-likeness (QED) is 0.613. The first-order valence-corrected chi connectivity index (χ1v) is 5.14. The second-order valence-corrected chi connectivity index (χ2v) is 3.40. The van der Waals surface area contributed by atoms with Crippen LogP contribution >= 0.6 is 0 Å². The minimum Gasteiger partial charge on any atom is -0.465 e. The maximum atomic E-state index is 11.3. The van der Waals surface area contributed by atoms with E-state index in [9.17, 15) is 9.59 Å². The van der Waals surface area contributed by atoms with Crippen molar-refractivity contribution in [2.45, 2.75) is 0 Å². The number of esters is 1. The molecule has 0 radical (unpaired) electrons. The van der Waals surface area contributed by atoms with E-state index in [0.29, 0.717) is 17.6 Å². The molecule has 0 aliphatic rings. The number of benzene rings is 1. The van der Waals surface area contributed by atoms with E-state index in [4.69, 9.17) is 9.15 Å². The average Bonchev–Trinajstić information content (AvgIpc) is 2.86. The van der Waals surface area contributed by atoms with Gasteiger partial charge in [0, 0.05) is 6.07 Å². The van der Waals surface area contributed by atoms with E-state index in [1.165, 1.54) is 25.3 Å². The number of carbonyl (C=O) groups is 2. The van der Waals surface area contributed by atoms with Crippen molar-refractivity contribution >= 4 is 12.3 Å². The monoisotopic (exact) mass is 246 g/mol. The van der Waals surface area contributed by atoms with Crippen molar-refractivity contribution in [2.75, 3.05) is 7.11 Å². The van der Waals surface area contributed by atoms with Gasteiger partial charge in [0.25, 0.3) is 5.95 Å². The van der Waals surface area contributed by atoms with Gasteiger partial charge in [0.15, 0.2) is 12.0 Å². The Hall–Kier alpha value is -2.56. The molecule has 5 heteroatoms. The summed E-state index contributed by atoms with van der Waals surface area (Å²) in [6, 6.07) is 9.47. The van der Waals surface area contributed by atoms with Crippen LogP contribution in [0.2, 0.25) is 0 Å². The van der Waals surface area contributed by atoms with Crippen molar-refractivity contribution in [2.24, 2.45) is 0 Å². The van der Waals surface area contributed by atoms with Crippen LogP contribution in [-0.4, -0.2) is 19.4 Å². The lowest BCUT2D eigenvalue weighted by Crippen LogP contribution is -2.00. The fourth-order valence-corrected chi connectivity index (χ4v) is 1.37. The first-order chi connectivity index (χ1) is 8.72. The topological polar surface area (TPSA) is 65.7 Å². The fraction of sp³-hybridized carbons (Fsp3) is 0.0769. The lowest BCUT2D eigenvalue weighted by Gasteiger charge is -2.03. The lowest BCUT2D eigenvalue weighted by molar-refractivity contribution is 0.0600. The van der Waals surface area contributed by atoms with Crippen LogP contribution in [-0.2, 0) is 4.74 Å². The third kappa shape index (κ3) is 2.57. The van der Waals surface area contributed by atoms with Crippen LogP contribution in [0.5, 0.6) is 11.7 Å². The van der Waals surface area contributed by atoms with E-state index in [0.717, 1.165) is 0 Å². The molecule has 1 heterocycles. The van der Waals surface area contributed by atoms with Crippen LogP contribution in [0.15, 0.2) is 40.8 Å². The van der Waals surface area contributed by atoms with E-state index < -0.39 is 5.97 Å². The van der Waals surface area contributed by atoms with Gasteiger partial charge in [-0.3, -0.25) is 4.79 Å². The minimum atomic E-state index is -0.450. The molecule has 5 nitrogen and oxygen atoms in total. The Morgan fingerprint density at radius 2 is 2.11 bits per heavy atom. The maximum Gasteiger partial charge on any atom is 0.337 e. The van der Waals surface area contributed by atoms with Gasteiger partial charge in [-0.2, -0.15) is 0 Å². The third-order valence-corrected chi connectivity index (χ3v) is 2.19. The number of rotatable bonds is 4. The average molecular weight is 246 g/mol. The van der Waals surface area contributed by atoms with Crippen LogP contribution < -0.4 is 4.74 Å². The molecule has 1 aromatic carbocycles. The maximum absolute atomic E-state index is 11.3. The molecule has 0 aliphatic heterocycles. The SMILES string of the molecule is COC(=O)c1cccc(Oc2ccc(C=O)o2)c1. The normalized spacial score (nSPS) is 9.83. The van der Waals surface area contributed by atoms with Crippen LogP contribution in [0.1, 0.15) is 20.9 Å². The molecule has 0 fully saturated rings. The molecule has 0 N–H and O–H groups in total. The van der Waals surface area contributed by atoms with Gasteiger partial charge in [-0.15, -0.1) is 0 Å². The van der Waals surface area contributed by atoms with Crippen molar-refractivity contribution in [1.82, 2.24) is 0 Å². The number of hydrogen-bond acceptors (Lipinski definition) is 5. The predicted molar refractivity (Wildman–Crippen MR) is 62.0 cm³/mol. The standard InChI is InChI=1S/C13H10O5/c1-16-13(15)9-3-2-4-10(7-9)17-12-6-5-11(8-14)18-12/h2-8H,1H3. The van der Waals surface area contributed by atoms with Crippen LogP contribution in [0.4, 0.5) is 0 Å². The van der Waals surface area contributed by atoms with Crippen molar-refractivity contribution < 1.29 is 23.5 Å². The zero-order valence-corrected chi connectivity index (χ0v) is 9.58. The molecular weight excluding hydrogens is 236 g/mol. The Labute approximate surface area is 103 Å². The number of hydrogen-bond donors (Lipinski definition) is 0. The third-order valence-electron chi connectivity index (χ3n) is 2.19. The summed E-state index contributed by atoms with van der Waals surface area (Å²) in [6.07, 6.45) is 0.581. The molecule has 0 spiro atoms. The highest BCUT2D eigenvalue weighted by molar-refractivity contribution is 5.89. The molecule has 0 unspecified atom stereocenters. The Morgan fingerprint density at radius 3 is 2.78 bits per heavy atom. The summed E-state index contributed by atoms with van der Waals surface area (Å²) in [7, 11) is 1.30. The number of carbonyl (C=O) groups excluding carboxylic acids is 2. The number of furan rings is 1. The van der Waals surface area contributed by atoms with E-state index >= 15 is 0 Å². The Balaban J connectivity index is 2.18. The van der Waals surface area contributed by atoms with E-state index in [-0.39, 0.29) is 11.7 Å². The van der Waals surface area contributed by atoms with Crippen LogP contribution in [0.3, 0.4) is 0 Å². The molecule has 0 aliphatic carbocycles. The summed E-state index contributed by atoms with van der Waals surface area (Å²) in [4.78, 5) is 21.8. The second-order valence-electron chi connectivity index (χ2n) is 3.40. The van der Waals surface area contributed by atoms with E-state index in [1.807, 2.05) is 0 Å². The molecule has 0 atom stereocenters. The molecule has 2 aromatic rings. The first kappa shape index (κ1) is 11.9. The highest BCUT2D eigenvalue weighted by Gasteiger charge is 2.08. The van der Waals surface area contributed by atoms with E-state index in [2.05, 4.69) is 4.74 Å². The summed E-state index contributed by atoms with van der Waals surface area (Å²) >= 11 is 0. The van der Waals surface area contributed by atoms with Gasteiger partial charge in [-0.1, -0.05) is 6.07 Å². The van der Waals surface area contributed by atoms with Crippen LogP contribution in [0.25, 0.3) is 0 Å². The number of aldehydes is 1. The van der Waals surface area contributed by atoms with Gasteiger partial charge >= 0.3 is 5.97 Å². The lowest BCUT2D eigenvalue weighted by atomic mass is 10.2. The van der Waals surface area contributed by atoms with E-state index in [1.54, 1.807) is 18.2 Å². The molecule has 0 saturated carbocycles. The summed E-state index contributed by atoms with van der Waals surface area (Å²) in [6.45, 7) is 0. The van der Waals surface area contributed by atoms with Crippen LogP contribution in [0, 0.1) is 0 Å². The molecule has 0 saturated heterocycles. The van der Waals surface area contributed by atoms with Gasteiger partial charge < -0.3 is 13.9 Å². The summed E-state index contributed by atoms with van der Waals surface area (Å²) in [5.41, 5.74) is 0.372. The predicted octanol–water partition coefficient (Wildman–Crippen LogP) is 2.67. The largest absolute Gasteiger partial charge is 0.465 e. The smallest absolute Gasteiger partial charge is 0.337 e. The van der Waals surface area contributed by atoms with Crippen molar-refractivity contribution in [3.05, 3.63) is 47.7 Å². The van der Waals surface area contributed by atoms with Gasteiger partial charge in [-0.05, 0) is 24.3 Å². The highest BCUT2D eigenvalue weighted by atomic mass is 16.6.